The zero-order valence-corrected chi connectivity index (χ0v) is 12.0. The smallest absolute Gasteiger partial charge is 0.206 e. The van der Waals surface area contributed by atoms with Gasteiger partial charge in [0, 0.05) is 12.3 Å². The van der Waals surface area contributed by atoms with Gasteiger partial charge in [-0.15, -0.1) is 16.8 Å². The van der Waals surface area contributed by atoms with Gasteiger partial charge in [0.1, 0.15) is 0 Å². The van der Waals surface area contributed by atoms with E-state index in [4.69, 9.17) is 0 Å². The number of thioether (sulfide) groups is 1. The average molecular weight is 285 g/mol. The van der Waals surface area contributed by atoms with Crippen LogP contribution in [0.3, 0.4) is 0 Å². The first-order valence-electron chi connectivity index (χ1n) is 6.25. The Kier molecular flexibility index (Phi) is 5.03. The summed E-state index contributed by atoms with van der Waals surface area (Å²) in [5, 5.41) is 22.5. The van der Waals surface area contributed by atoms with Gasteiger partial charge in [-0.2, -0.15) is 0 Å². The van der Waals surface area contributed by atoms with Crippen LogP contribution in [0.4, 0.5) is 5.13 Å². The number of nitrogens with zero attached hydrogens (tertiary/aromatic N) is 2. The molecule has 1 aliphatic rings. The molecule has 4 nitrogen and oxygen atoms in total. The number of aromatic nitrogens is 2. The van der Waals surface area contributed by atoms with E-state index >= 15 is 0 Å². The summed E-state index contributed by atoms with van der Waals surface area (Å²) in [6.07, 6.45) is 7.15. The highest BCUT2D eigenvalue weighted by atomic mass is 32.2. The van der Waals surface area contributed by atoms with Crippen molar-refractivity contribution in [2.75, 3.05) is 17.6 Å². The summed E-state index contributed by atoms with van der Waals surface area (Å²) in [4.78, 5) is 0. The molecular weight excluding hydrogens is 266 g/mol. The van der Waals surface area contributed by atoms with Crippen LogP contribution in [-0.4, -0.2) is 33.2 Å². The minimum Gasteiger partial charge on any atom is -0.389 e. The first-order chi connectivity index (χ1) is 8.72. The van der Waals surface area contributed by atoms with Crippen LogP contribution in [0, 0.1) is 0 Å². The van der Waals surface area contributed by atoms with E-state index in [1.54, 1.807) is 17.8 Å². The van der Waals surface area contributed by atoms with Gasteiger partial charge in [0.05, 0.1) is 5.60 Å². The van der Waals surface area contributed by atoms with Crippen molar-refractivity contribution in [3.63, 3.8) is 0 Å². The molecule has 1 aliphatic carbocycles. The number of hydrogen-bond donors (Lipinski definition) is 2. The Hall–Kier alpha value is -0.590. The third-order valence-corrected chi connectivity index (χ3v) is 5.34. The summed E-state index contributed by atoms with van der Waals surface area (Å²) in [6, 6.07) is 0. The fourth-order valence-corrected chi connectivity index (χ4v) is 3.96. The lowest BCUT2D eigenvalue weighted by molar-refractivity contribution is 0.0273. The summed E-state index contributed by atoms with van der Waals surface area (Å²) in [5.74, 6) is 0.725. The molecule has 18 heavy (non-hydrogen) atoms. The first-order valence-corrected chi connectivity index (χ1v) is 8.05. The van der Waals surface area contributed by atoms with E-state index in [0.29, 0.717) is 6.54 Å². The summed E-state index contributed by atoms with van der Waals surface area (Å²) < 4.78 is 0.917. The number of nitrogens with one attached hydrogen (secondary N) is 1. The third-order valence-electron chi connectivity index (χ3n) is 3.05. The van der Waals surface area contributed by atoms with Crippen LogP contribution in [0.2, 0.25) is 0 Å². The lowest BCUT2D eigenvalue weighted by Crippen LogP contribution is -2.33. The van der Waals surface area contributed by atoms with Crippen molar-refractivity contribution < 1.29 is 5.11 Å². The number of rotatable bonds is 6. The molecule has 2 N–H and O–H groups in total. The van der Waals surface area contributed by atoms with Crippen LogP contribution in [0.25, 0.3) is 0 Å². The molecule has 1 aromatic heterocycles. The Morgan fingerprint density at radius 3 is 2.89 bits per heavy atom. The summed E-state index contributed by atoms with van der Waals surface area (Å²) in [6.45, 7) is 4.34. The molecular formula is C12H19N3OS2. The summed E-state index contributed by atoms with van der Waals surface area (Å²) in [7, 11) is 0. The van der Waals surface area contributed by atoms with Crippen molar-refractivity contribution in [3.05, 3.63) is 12.7 Å². The maximum atomic E-state index is 10.4. The second-order valence-electron chi connectivity index (χ2n) is 4.62. The third kappa shape index (κ3) is 3.96. The van der Waals surface area contributed by atoms with Crippen molar-refractivity contribution in [2.45, 2.75) is 42.0 Å². The molecule has 100 valence electrons. The SMILES string of the molecule is C=CCNc1nnc(SCC2(O)CCCCC2)s1. The van der Waals surface area contributed by atoms with Gasteiger partial charge in [0.15, 0.2) is 4.34 Å². The second-order valence-corrected chi connectivity index (χ2v) is 6.82. The average Bonchev–Trinajstić information content (AvgIpc) is 2.83. The van der Waals surface area contributed by atoms with E-state index in [1.807, 2.05) is 0 Å². The van der Waals surface area contributed by atoms with Crippen LogP contribution >= 0.6 is 23.1 Å². The largest absolute Gasteiger partial charge is 0.389 e. The molecule has 0 radical (unpaired) electrons. The van der Waals surface area contributed by atoms with Crippen LogP contribution in [0.5, 0.6) is 0 Å². The van der Waals surface area contributed by atoms with Gasteiger partial charge in [-0.3, -0.25) is 0 Å². The van der Waals surface area contributed by atoms with E-state index < -0.39 is 5.60 Å². The molecule has 1 saturated carbocycles. The Labute approximate surface area is 116 Å². The Bertz CT molecular complexity index is 388. The molecule has 0 saturated heterocycles. The second kappa shape index (κ2) is 6.54. The van der Waals surface area contributed by atoms with Crippen LogP contribution in [0.15, 0.2) is 17.0 Å². The predicted octanol–water partition coefficient (Wildman–Crippen LogP) is 2.92. The van der Waals surface area contributed by atoms with Crippen molar-refractivity contribution in [1.82, 2.24) is 10.2 Å². The number of aliphatic hydroxyl groups is 1. The highest BCUT2D eigenvalue weighted by Crippen LogP contribution is 2.34. The Morgan fingerprint density at radius 1 is 1.39 bits per heavy atom. The first kappa shape index (κ1) is 13.8. The van der Waals surface area contributed by atoms with Gasteiger partial charge < -0.3 is 10.4 Å². The summed E-state index contributed by atoms with van der Waals surface area (Å²) in [5.41, 5.74) is -0.497. The van der Waals surface area contributed by atoms with Crippen LogP contribution in [-0.2, 0) is 0 Å². The van der Waals surface area contributed by atoms with E-state index in [-0.39, 0.29) is 0 Å². The van der Waals surface area contributed by atoms with Crippen molar-refractivity contribution in [2.24, 2.45) is 0 Å². The van der Waals surface area contributed by atoms with Crippen molar-refractivity contribution in [1.29, 1.82) is 0 Å². The van der Waals surface area contributed by atoms with Crippen molar-refractivity contribution >= 4 is 28.2 Å². The standard InChI is InChI=1S/C12H19N3OS2/c1-2-8-13-10-14-15-11(18-10)17-9-12(16)6-4-3-5-7-12/h2,16H,1,3-9H2,(H,13,14). The number of hydrogen-bond acceptors (Lipinski definition) is 6. The van der Waals surface area contributed by atoms with Crippen LogP contribution < -0.4 is 5.32 Å². The molecule has 0 aromatic carbocycles. The highest BCUT2D eigenvalue weighted by Gasteiger charge is 2.29. The predicted molar refractivity (Wildman–Crippen MR) is 77.4 cm³/mol. The van der Waals surface area contributed by atoms with Gasteiger partial charge in [0.25, 0.3) is 0 Å². The molecule has 0 unspecified atom stereocenters. The fourth-order valence-electron chi connectivity index (χ4n) is 2.05. The molecule has 0 amide bonds. The molecule has 2 rings (SSSR count). The minimum atomic E-state index is -0.497. The van der Waals surface area contributed by atoms with Gasteiger partial charge in [0.2, 0.25) is 5.13 Å². The maximum absolute atomic E-state index is 10.4. The van der Waals surface area contributed by atoms with E-state index in [1.165, 1.54) is 17.8 Å². The quantitative estimate of drug-likeness (QED) is 0.621. The lowest BCUT2D eigenvalue weighted by atomic mass is 9.86. The molecule has 6 heteroatoms. The molecule has 1 aromatic rings. The highest BCUT2D eigenvalue weighted by molar-refractivity contribution is 8.01. The lowest BCUT2D eigenvalue weighted by Gasteiger charge is -2.31. The molecule has 0 spiro atoms. The maximum Gasteiger partial charge on any atom is 0.206 e. The molecule has 1 heterocycles. The Balaban J connectivity index is 1.82. The van der Waals surface area contributed by atoms with E-state index in [2.05, 4.69) is 22.1 Å². The van der Waals surface area contributed by atoms with Gasteiger partial charge in [-0.1, -0.05) is 48.4 Å². The fraction of sp³-hybridized carbons (Fsp3) is 0.667. The van der Waals surface area contributed by atoms with Gasteiger partial charge in [-0.05, 0) is 12.8 Å². The summed E-state index contributed by atoms with van der Waals surface area (Å²) >= 11 is 3.14. The van der Waals surface area contributed by atoms with Gasteiger partial charge in [-0.25, -0.2) is 0 Å². The van der Waals surface area contributed by atoms with Crippen LogP contribution in [0.1, 0.15) is 32.1 Å². The zero-order chi connectivity index (χ0) is 12.8. The Morgan fingerprint density at radius 2 is 2.17 bits per heavy atom. The molecule has 1 fully saturated rings. The minimum absolute atomic E-state index is 0.497. The van der Waals surface area contributed by atoms with Crippen molar-refractivity contribution in [3.8, 4) is 0 Å². The van der Waals surface area contributed by atoms with E-state index in [0.717, 1.165) is 40.9 Å². The molecule has 0 atom stereocenters. The van der Waals surface area contributed by atoms with E-state index in [9.17, 15) is 5.11 Å². The molecule has 0 bridgehead atoms. The topological polar surface area (TPSA) is 58.0 Å². The number of anilines is 1. The normalized spacial score (nSPS) is 18.5. The van der Waals surface area contributed by atoms with Gasteiger partial charge >= 0.3 is 0 Å². The molecule has 0 aliphatic heterocycles. The monoisotopic (exact) mass is 285 g/mol. The zero-order valence-electron chi connectivity index (χ0n) is 10.4.